The Morgan fingerprint density at radius 1 is 1.30 bits per heavy atom. The van der Waals surface area contributed by atoms with Gasteiger partial charge in [-0.1, -0.05) is 24.9 Å². The maximum absolute atomic E-state index is 12.0. The van der Waals surface area contributed by atoms with Crippen LogP contribution in [-0.2, 0) is 13.0 Å². The fraction of sp³-hybridized carbons (Fsp3) is 0.500. The Morgan fingerprint density at radius 2 is 2.04 bits per heavy atom. The molecule has 23 heavy (non-hydrogen) atoms. The van der Waals surface area contributed by atoms with Crippen LogP contribution in [-0.4, -0.2) is 18.2 Å². The number of aromatic hydroxyl groups is 1. The third-order valence-electron chi connectivity index (χ3n) is 4.68. The Balaban J connectivity index is 2.14. The highest BCUT2D eigenvalue weighted by Crippen LogP contribution is 2.35. The second-order valence-corrected chi connectivity index (χ2v) is 6.80. The van der Waals surface area contributed by atoms with E-state index in [1.807, 2.05) is 0 Å². The van der Waals surface area contributed by atoms with Crippen LogP contribution in [0.4, 0.5) is 0 Å². The predicted molar refractivity (Wildman–Crippen MR) is 91.4 cm³/mol. The standard InChI is InChI=1S/C18H22ClNO3/c1-2-3-6-12-9-16(21)23-18-13(12)10-15(19)17(22)14(18)11-20-7-4-5-8-20/h9-10,22H,2-8,11H2,1H3/p+1. The molecule has 0 atom stereocenters. The largest absolute Gasteiger partial charge is 0.506 e. The minimum absolute atomic E-state index is 0.0503. The molecule has 2 aromatic rings. The van der Waals surface area contributed by atoms with Gasteiger partial charge in [0.1, 0.15) is 12.3 Å². The molecule has 1 aromatic heterocycles. The van der Waals surface area contributed by atoms with E-state index in [4.69, 9.17) is 16.0 Å². The summed E-state index contributed by atoms with van der Waals surface area (Å²) in [6.07, 6.45) is 5.26. The molecule has 0 unspecified atom stereocenters. The van der Waals surface area contributed by atoms with Crippen molar-refractivity contribution < 1.29 is 14.4 Å². The molecule has 0 bridgehead atoms. The first-order valence-electron chi connectivity index (χ1n) is 8.40. The van der Waals surface area contributed by atoms with E-state index in [1.165, 1.54) is 17.7 Å². The van der Waals surface area contributed by atoms with Crippen LogP contribution in [0.2, 0.25) is 5.02 Å². The van der Waals surface area contributed by atoms with Crippen LogP contribution in [0.5, 0.6) is 5.75 Å². The summed E-state index contributed by atoms with van der Waals surface area (Å²) in [7, 11) is 0. The van der Waals surface area contributed by atoms with Gasteiger partial charge in [0.05, 0.1) is 23.7 Å². The van der Waals surface area contributed by atoms with Crippen LogP contribution in [0.1, 0.15) is 43.7 Å². The SMILES string of the molecule is CCCCc1cc(=O)oc2c(C[NH+]3CCCC3)c(O)c(Cl)cc12. The molecule has 1 aromatic carbocycles. The molecule has 0 amide bonds. The Labute approximate surface area is 140 Å². The minimum Gasteiger partial charge on any atom is -0.506 e. The Kier molecular flexibility index (Phi) is 4.93. The van der Waals surface area contributed by atoms with Gasteiger partial charge in [-0.15, -0.1) is 0 Å². The molecule has 5 heteroatoms. The average Bonchev–Trinajstić information content (AvgIpc) is 3.03. The number of hydrogen-bond donors (Lipinski definition) is 2. The first-order chi connectivity index (χ1) is 11.1. The number of fused-ring (bicyclic) bond motifs is 1. The monoisotopic (exact) mass is 336 g/mol. The summed E-state index contributed by atoms with van der Waals surface area (Å²) in [5, 5.41) is 11.6. The lowest BCUT2D eigenvalue weighted by molar-refractivity contribution is -0.901. The molecule has 2 heterocycles. The average molecular weight is 337 g/mol. The third-order valence-corrected chi connectivity index (χ3v) is 4.97. The summed E-state index contributed by atoms with van der Waals surface area (Å²) in [6.45, 7) is 4.91. The molecule has 0 spiro atoms. The van der Waals surface area contributed by atoms with Gasteiger partial charge < -0.3 is 14.4 Å². The van der Waals surface area contributed by atoms with E-state index in [0.717, 1.165) is 43.3 Å². The second-order valence-electron chi connectivity index (χ2n) is 6.39. The molecular weight excluding hydrogens is 314 g/mol. The van der Waals surface area contributed by atoms with E-state index < -0.39 is 0 Å². The van der Waals surface area contributed by atoms with E-state index in [0.29, 0.717) is 22.7 Å². The smallest absolute Gasteiger partial charge is 0.336 e. The van der Waals surface area contributed by atoms with Crippen LogP contribution in [0.3, 0.4) is 0 Å². The van der Waals surface area contributed by atoms with Crippen molar-refractivity contribution in [1.82, 2.24) is 0 Å². The number of phenolic OH excluding ortho intramolecular Hbond substituents is 1. The van der Waals surface area contributed by atoms with Gasteiger partial charge in [-0.2, -0.15) is 0 Å². The molecule has 1 aliphatic rings. The number of unbranched alkanes of at least 4 members (excludes halogenated alkanes) is 1. The van der Waals surface area contributed by atoms with E-state index in [2.05, 4.69) is 6.92 Å². The highest BCUT2D eigenvalue weighted by Gasteiger charge is 2.23. The lowest BCUT2D eigenvalue weighted by atomic mass is 10.0. The fourth-order valence-electron chi connectivity index (χ4n) is 3.42. The van der Waals surface area contributed by atoms with Gasteiger partial charge >= 0.3 is 5.63 Å². The Morgan fingerprint density at radius 3 is 2.74 bits per heavy atom. The lowest BCUT2D eigenvalue weighted by Gasteiger charge is -2.16. The number of halogens is 1. The number of nitrogens with one attached hydrogen (secondary N) is 1. The topological polar surface area (TPSA) is 54.9 Å². The van der Waals surface area contributed by atoms with Crippen molar-refractivity contribution in [3.8, 4) is 5.75 Å². The quantitative estimate of drug-likeness (QED) is 0.825. The van der Waals surface area contributed by atoms with Crippen LogP contribution in [0, 0.1) is 0 Å². The first-order valence-corrected chi connectivity index (χ1v) is 8.78. The zero-order chi connectivity index (χ0) is 16.4. The van der Waals surface area contributed by atoms with Crippen LogP contribution in [0.15, 0.2) is 21.3 Å². The highest BCUT2D eigenvalue weighted by molar-refractivity contribution is 6.33. The van der Waals surface area contributed by atoms with Gasteiger partial charge in [-0.05, 0) is 24.5 Å². The van der Waals surface area contributed by atoms with Gasteiger partial charge in [0.15, 0.2) is 5.58 Å². The molecule has 1 fully saturated rings. The van der Waals surface area contributed by atoms with Crippen molar-refractivity contribution in [2.75, 3.05) is 13.1 Å². The lowest BCUT2D eigenvalue weighted by Crippen LogP contribution is -3.08. The molecule has 4 nitrogen and oxygen atoms in total. The number of hydrogen-bond acceptors (Lipinski definition) is 3. The zero-order valence-electron chi connectivity index (χ0n) is 13.5. The summed E-state index contributed by atoms with van der Waals surface area (Å²) in [5.41, 5.74) is 1.77. The van der Waals surface area contributed by atoms with E-state index >= 15 is 0 Å². The van der Waals surface area contributed by atoms with Gasteiger partial charge in [-0.25, -0.2) is 4.79 Å². The number of phenols is 1. The normalized spacial score (nSPS) is 15.6. The van der Waals surface area contributed by atoms with Crippen LogP contribution in [0.25, 0.3) is 11.0 Å². The maximum Gasteiger partial charge on any atom is 0.336 e. The number of benzene rings is 1. The van der Waals surface area contributed by atoms with Crippen LogP contribution < -0.4 is 10.5 Å². The molecule has 0 saturated carbocycles. The molecule has 2 N–H and O–H groups in total. The number of likely N-dealkylation sites (tertiary alicyclic amines) is 1. The summed E-state index contributed by atoms with van der Waals surface area (Å²) in [6, 6.07) is 3.28. The highest BCUT2D eigenvalue weighted by atomic mass is 35.5. The minimum atomic E-state index is -0.358. The summed E-state index contributed by atoms with van der Waals surface area (Å²) >= 11 is 6.25. The van der Waals surface area contributed by atoms with E-state index in [1.54, 1.807) is 12.1 Å². The summed E-state index contributed by atoms with van der Waals surface area (Å²) in [4.78, 5) is 13.4. The van der Waals surface area contributed by atoms with Gasteiger partial charge in [0, 0.05) is 24.3 Å². The molecular formula is C18H23ClNO3+. The Bertz CT molecular complexity index is 763. The number of rotatable bonds is 5. The molecule has 3 rings (SSSR count). The van der Waals surface area contributed by atoms with Crippen molar-refractivity contribution in [3.05, 3.63) is 38.7 Å². The predicted octanol–water partition coefficient (Wildman–Crippen LogP) is 2.67. The number of aryl methyl sites for hydroxylation is 1. The molecule has 0 aliphatic carbocycles. The van der Waals surface area contributed by atoms with E-state index in [9.17, 15) is 9.90 Å². The van der Waals surface area contributed by atoms with Crippen molar-refractivity contribution >= 4 is 22.6 Å². The molecule has 1 aliphatic heterocycles. The maximum atomic E-state index is 12.0. The zero-order valence-corrected chi connectivity index (χ0v) is 14.2. The van der Waals surface area contributed by atoms with E-state index in [-0.39, 0.29) is 11.4 Å². The van der Waals surface area contributed by atoms with Gasteiger partial charge in [0.2, 0.25) is 0 Å². The molecule has 1 saturated heterocycles. The fourth-order valence-corrected chi connectivity index (χ4v) is 3.64. The van der Waals surface area contributed by atoms with Gasteiger partial charge in [-0.3, -0.25) is 0 Å². The molecule has 0 radical (unpaired) electrons. The first kappa shape index (κ1) is 16.3. The third kappa shape index (κ3) is 3.38. The molecule has 124 valence electrons. The van der Waals surface area contributed by atoms with Crippen molar-refractivity contribution in [1.29, 1.82) is 0 Å². The Hall–Kier alpha value is -1.52. The second kappa shape index (κ2) is 6.93. The summed E-state index contributed by atoms with van der Waals surface area (Å²) in [5.74, 6) is 0.0503. The number of quaternary nitrogens is 1. The summed E-state index contributed by atoms with van der Waals surface area (Å²) < 4.78 is 5.47. The van der Waals surface area contributed by atoms with Crippen molar-refractivity contribution in [2.45, 2.75) is 45.6 Å². The van der Waals surface area contributed by atoms with Gasteiger partial charge in [0.25, 0.3) is 0 Å². The van der Waals surface area contributed by atoms with Crippen LogP contribution >= 0.6 is 11.6 Å². The van der Waals surface area contributed by atoms with Crippen molar-refractivity contribution in [2.24, 2.45) is 0 Å². The van der Waals surface area contributed by atoms with Crippen molar-refractivity contribution in [3.63, 3.8) is 0 Å².